The van der Waals surface area contributed by atoms with Crippen molar-refractivity contribution in [3.63, 3.8) is 0 Å². The third-order valence-electron chi connectivity index (χ3n) is 4.78. The largest absolute Gasteiger partial charge is 0.346 e. The van der Waals surface area contributed by atoms with Crippen molar-refractivity contribution in [3.05, 3.63) is 47.0 Å². The fraction of sp³-hybridized carbons (Fsp3) is 0.450. The SMILES string of the molecule is Cc1nn(C)c(C)c1CC(=O)NC(CC(C)C)c1nc2ccccc2[nH]1. The second-order valence-electron chi connectivity index (χ2n) is 7.34. The molecule has 2 N–H and O–H groups in total. The van der Waals surface area contributed by atoms with E-state index in [1.807, 2.05) is 49.8 Å². The molecular weight excluding hydrogens is 326 g/mol. The van der Waals surface area contributed by atoms with Crippen molar-refractivity contribution in [1.82, 2.24) is 25.1 Å². The monoisotopic (exact) mass is 353 g/mol. The van der Waals surface area contributed by atoms with Gasteiger partial charge in [-0.25, -0.2) is 4.98 Å². The molecule has 0 saturated carbocycles. The Hall–Kier alpha value is -2.63. The predicted octanol–water partition coefficient (Wildman–Crippen LogP) is 3.36. The maximum Gasteiger partial charge on any atom is 0.225 e. The van der Waals surface area contributed by atoms with Crippen LogP contribution in [-0.4, -0.2) is 25.7 Å². The summed E-state index contributed by atoms with van der Waals surface area (Å²) in [6.07, 6.45) is 1.16. The molecule has 26 heavy (non-hydrogen) atoms. The Bertz CT molecular complexity index is 889. The molecule has 138 valence electrons. The number of aromatic amines is 1. The Morgan fingerprint density at radius 3 is 2.62 bits per heavy atom. The molecular formula is C20H27N5O. The number of aromatic nitrogens is 4. The lowest BCUT2D eigenvalue weighted by Crippen LogP contribution is -2.31. The van der Waals surface area contributed by atoms with E-state index in [9.17, 15) is 4.79 Å². The molecule has 1 amide bonds. The summed E-state index contributed by atoms with van der Waals surface area (Å²) >= 11 is 0. The van der Waals surface area contributed by atoms with E-state index in [1.54, 1.807) is 0 Å². The van der Waals surface area contributed by atoms with E-state index < -0.39 is 0 Å². The Balaban J connectivity index is 1.80. The molecule has 1 aromatic carbocycles. The number of aryl methyl sites for hydroxylation is 2. The molecule has 0 bridgehead atoms. The number of para-hydroxylation sites is 2. The molecule has 3 rings (SSSR count). The molecule has 2 aromatic heterocycles. The molecule has 1 atom stereocenters. The Morgan fingerprint density at radius 2 is 2.00 bits per heavy atom. The van der Waals surface area contributed by atoms with Crippen LogP contribution in [0.5, 0.6) is 0 Å². The van der Waals surface area contributed by atoms with Crippen LogP contribution < -0.4 is 5.32 Å². The molecule has 0 saturated heterocycles. The smallest absolute Gasteiger partial charge is 0.225 e. The maximum absolute atomic E-state index is 12.7. The molecule has 0 aliphatic rings. The van der Waals surface area contributed by atoms with E-state index in [2.05, 4.69) is 34.2 Å². The van der Waals surface area contributed by atoms with E-state index in [4.69, 9.17) is 0 Å². The Morgan fingerprint density at radius 1 is 1.27 bits per heavy atom. The van der Waals surface area contributed by atoms with Gasteiger partial charge in [0.25, 0.3) is 0 Å². The summed E-state index contributed by atoms with van der Waals surface area (Å²) in [7, 11) is 1.90. The highest BCUT2D eigenvalue weighted by atomic mass is 16.1. The lowest BCUT2D eigenvalue weighted by molar-refractivity contribution is -0.121. The van der Waals surface area contributed by atoms with Crippen LogP contribution in [0.3, 0.4) is 0 Å². The first-order valence-electron chi connectivity index (χ1n) is 9.08. The van der Waals surface area contributed by atoms with E-state index in [0.717, 1.165) is 40.2 Å². The number of benzene rings is 1. The molecule has 0 aliphatic heterocycles. The zero-order valence-corrected chi connectivity index (χ0v) is 16.1. The van der Waals surface area contributed by atoms with Gasteiger partial charge in [-0.1, -0.05) is 26.0 Å². The summed E-state index contributed by atoms with van der Waals surface area (Å²) in [5.74, 6) is 1.25. The number of carbonyl (C=O) groups excluding carboxylic acids is 1. The minimum Gasteiger partial charge on any atom is -0.346 e. The van der Waals surface area contributed by atoms with Gasteiger partial charge >= 0.3 is 0 Å². The molecule has 0 fully saturated rings. The molecule has 0 aliphatic carbocycles. The second kappa shape index (κ2) is 7.32. The van der Waals surface area contributed by atoms with Gasteiger partial charge in [0.15, 0.2) is 0 Å². The highest BCUT2D eigenvalue weighted by Crippen LogP contribution is 2.22. The Labute approximate surface area is 154 Å². The number of nitrogens with zero attached hydrogens (tertiary/aromatic N) is 3. The van der Waals surface area contributed by atoms with E-state index >= 15 is 0 Å². The number of hydrogen-bond acceptors (Lipinski definition) is 3. The van der Waals surface area contributed by atoms with Gasteiger partial charge in [0, 0.05) is 18.3 Å². The van der Waals surface area contributed by atoms with Crippen LogP contribution in [0.1, 0.15) is 49.1 Å². The van der Waals surface area contributed by atoms with Gasteiger partial charge in [-0.3, -0.25) is 9.48 Å². The number of H-pyrrole nitrogens is 1. The number of carbonyl (C=O) groups is 1. The van der Waals surface area contributed by atoms with Crippen LogP contribution in [0.15, 0.2) is 24.3 Å². The van der Waals surface area contributed by atoms with Gasteiger partial charge in [0.05, 0.1) is 29.2 Å². The molecule has 0 radical (unpaired) electrons. The summed E-state index contributed by atoms with van der Waals surface area (Å²) in [4.78, 5) is 20.8. The Kier molecular flexibility index (Phi) is 5.11. The number of hydrogen-bond donors (Lipinski definition) is 2. The summed E-state index contributed by atoms with van der Waals surface area (Å²) in [6.45, 7) is 8.24. The quantitative estimate of drug-likeness (QED) is 0.713. The molecule has 1 unspecified atom stereocenters. The molecule has 6 nitrogen and oxygen atoms in total. The zero-order chi connectivity index (χ0) is 18.8. The van der Waals surface area contributed by atoms with Crippen LogP contribution in [-0.2, 0) is 18.3 Å². The van der Waals surface area contributed by atoms with Crippen molar-refractivity contribution in [3.8, 4) is 0 Å². The van der Waals surface area contributed by atoms with Gasteiger partial charge < -0.3 is 10.3 Å². The summed E-state index contributed by atoms with van der Waals surface area (Å²) in [5.41, 5.74) is 4.85. The van der Waals surface area contributed by atoms with E-state index in [-0.39, 0.29) is 11.9 Å². The minimum atomic E-state index is -0.132. The lowest BCUT2D eigenvalue weighted by atomic mass is 10.0. The fourth-order valence-corrected chi connectivity index (χ4v) is 3.33. The van der Waals surface area contributed by atoms with Gasteiger partial charge in [-0.05, 0) is 38.3 Å². The van der Waals surface area contributed by atoms with Crippen molar-refractivity contribution in [2.75, 3.05) is 0 Å². The molecule has 2 heterocycles. The summed E-state index contributed by atoms with van der Waals surface area (Å²) < 4.78 is 1.82. The van der Waals surface area contributed by atoms with Crippen molar-refractivity contribution >= 4 is 16.9 Å². The molecule has 6 heteroatoms. The predicted molar refractivity (Wildman–Crippen MR) is 103 cm³/mol. The number of fused-ring (bicyclic) bond motifs is 1. The first-order valence-corrected chi connectivity index (χ1v) is 9.08. The van der Waals surface area contributed by atoms with Crippen LogP contribution in [0.4, 0.5) is 0 Å². The summed E-state index contributed by atoms with van der Waals surface area (Å²) in [5, 5.41) is 7.56. The van der Waals surface area contributed by atoms with Gasteiger partial charge in [-0.15, -0.1) is 0 Å². The van der Waals surface area contributed by atoms with E-state index in [1.165, 1.54) is 0 Å². The number of amides is 1. The van der Waals surface area contributed by atoms with E-state index in [0.29, 0.717) is 12.3 Å². The van der Waals surface area contributed by atoms with Crippen LogP contribution in [0.25, 0.3) is 11.0 Å². The topological polar surface area (TPSA) is 75.6 Å². The highest BCUT2D eigenvalue weighted by molar-refractivity contribution is 5.80. The molecule has 3 aromatic rings. The minimum absolute atomic E-state index is 0.00435. The fourth-order valence-electron chi connectivity index (χ4n) is 3.33. The van der Waals surface area contributed by atoms with Crippen molar-refractivity contribution in [1.29, 1.82) is 0 Å². The lowest BCUT2D eigenvalue weighted by Gasteiger charge is -2.19. The zero-order valence-electron chi connectivity index (χ0n) is 16.1. The van der Waals surface area contributed by atoms with Crippen molar-refractivity contribution < 1.29 is 4.79 Å². The highest BCUT2D eigenvalue weighted by Gasteiger charge is 2.21. The van der Waals surface area contributed by atoms with Gasteiger partial charge in [0.1, 0.15) is 5.82 Å². The first kappa shape index (κ1) is 18.2. The van der Waals surface area contributed by atoms with Crippen molar-refractivity contribution in [2.45, 2.75) is 46.6 Å². The van der Waals surface area contributed by atoms with Gasteiger partial charge in [0.2, 0.25) is 5.91 Å². The van der Waals surface area contributed by atoms with Crippen LogP contribution in [0.2, 0.25) is 0 Å². The van der Waals surface area contributed by atoms with Crippen molar-refractivity contribution in [2.24, 2.45) is 13.0 Å². The second-order valence-corrected chi connectivity index (χ2v) is 7.34. The van der Waals surface area contributed by atoms with Gasteiger partial charge in [-0.2, -0.15) is 5.10 Å². The number of nitrogens with one attached hydrogen (secondary N) is 2. The average Bonchev–Trinajstić information content (AvgIpc) is 3.10. The number of rotatable bonds is 6. The molecule has 0 spiro atoms. The van der Waals surface area contributed by atoms with Crippen LogP contribution in [0, 0.1) is 19.8 Å². The third-order valence-corrected chi connectivity index (χ3v) is 4.78. The number of imidazole rings is 1. The van der Waals surface area contributed by atoms with Crippen LogP contribution >= 0.6 is 0 Å². The third kappa shape index (κ3) is 3.79. The summed E-state index contributed by atoms with van der Waals surface area (Å²) in [6, 6.07) is 7.80. The standard InChI is InChI=1S/C20H27N5O/c1-12(2)10-18(20-22-16-8-6-7-9-17(16)23-20)21-19(26)11-15-13(3)24-25(5)14(15)4/h6-9,12,18H,10-11H2,1-5H3,(H,21,26)(H,22,23). The maximum atomic E-state index is 12.7. The average molecular weight is 353 g/mol. The normalized spacial score (nSPS) is 12.7. The first-order chi connectivity index (χ1) is 12.3.